The van der Waals surface area contributed by atoms with E-state index in [1.54, 1.807) is 13.0 Å². The van der Waals surface area contributed by atoms with Crippen LogP contribution >= 0.6 is 0 Å². The van der Waals surface area contributed by atoms with Gasteiger partial charge in [-0.15, -0.1) is 0 Å². The molecule has 0 amide bonds. The van der Waals surface area contributed by atoms with Gasteiger partial charge in [0.1, 0.15) is 5.82 Å². The smallest absolute Gasteiger partial charge is 0.339 e. The molecule has 0 spiro atoms. The van der Waals surface area contributed by atoms with Crippen molar-refractivity contribution in [3.05, 3.63) is 58.9 Å². The van der Waals surface area contributed by atoms with E-state index < -0.39 is 5.97 Å². The Kier molecular flexibility index (Phi) is 4.08. The third kappa shape index (κ3) is 3.35. The third-order valence-electron chi connectivity index (χ3n) is 4.74. The second-order valence-electron chi connectivity index (χ2n) is 6.92. The highest BCUT2D eigenvalue weighted by molar-refractivity contribution is 6.03. The van der Waals surface area contributed by atoms with Gasteiger partial charge in [0.2, 0.25) is 5.82 Å². The first kappa shape index (κ1) is 17.5. The first-order chi connectivity index (χ1) is 14.1. The fourth-order valence-electron chi connectivity index (χ4n) is 3.09. The second kappa shape index (κ2) is 6.77. The minimum absolute atomic E-state index is 0.170. The average Bonchev–Trinajstić information content (AvgIpc) is 3.37. The lowest BCUT2D eigenvalue weighted by molar-refractivity contribution is 0.0461. The van der Waals surface area contributed by atoms with Crippen molar-refractivity contribution < 1.29 is 23.0 Å². The van der Waals surface area contributed by atoms with Crippen LogP contribution in [0.1, 0.15) is 46.3 Å². The molecule has 0 N–H and O–H groups in total. The molecule has 3 aromatic heterocycles. The van der Waals surface area contributed by atoms with Crippen molar-refractivity contribution in [1.82, 2.24) is 20.3 Å². The largest absolute Gasteiger partial charge is 0.454 e. The zero-order valence-electron chi connectivity index (χ0n) is 15.4. The van der Waals surface area contributed by atoms with Gasteiger partial charge in [0.15, 0.2) is 6.61 Å². The summed E-state index contributed by atoms with van der Waals surface area (Å²) in [7, 11) is 0. The lowest BCUT2D eigenvalue weighted by atomic mass is 10.1. The number of fused-ring (bicyclic) bond motifs is 1. The summed E-state index contributed by atoms with van der Waals surface area (Å²) in [4.78, 5) is 21.4. The molecule has 0 aliphatic heterocycles. The predicted octanol–water partition coefficient (Wildman–Crippen LogP) is 3.95. The third-order valence-corrected chi connectivity index (χ3v) is 4.74. The number of carbonyl (C=O) groups is 1. The molecule has 0 unspecified atom stereocenters. The highest BCUT2D eigenvalue weighted by Crippen LogP contribution is 2.40. The van der Waals surface area contributed by atoms with Gasteiger partial charge < -0.3 is 13.8 Å². The minimum atomic E-state index is -0.543. The molecule has 0 bridgehead atoms. The summed E-state index contributed by atoms with van der Waals surface area (Å²) in [6, 6.07) is 7.40. The Labute approximate surface area is 163 Å². The number of ether oxygens (including phenoxy) is 1. The van der Waals surface area contributed by atoms with Crippen molar-refractivity contribution in [1.29, 1.82) is 0 Å². The Balaban J connectivity index is 1.36. The quantitative estimate of drug-likeness (QED) is 0.469. The van der Waals surface area contributed by atoms with Crippen LogP contribution in [0.5, 0.6) is 0 Å². The van der Waals surface area contributed by atoms with Crippen LogP contribution in [0.15, 0.2) is 39.4 Å². The number of aryl methyl sites for hydroxylation is 1. The summed E-state index contributed by atoms with van der Waals surface area (Å²) in [6.07, 6.45) is 2.07. The zero-order chi connectivity index (χ0) is 20.0. The van der Waals surface area contributed by atoms with Gasteiger partial charge in [-0.3, -0.25) is 0 Å². The Morgan fingerprint density at radius 3 is 2.72 bits per heavy atom. The molecule has 1 saturated carbocycles. The molecular formula is C20H15FN4O4. The predicted molar refractivity (Wildman–Crippen MR) is 97.3 cm³/mol. The standard InChI is InChI=1S/C20H15FN4O4/c1-10-17-14(8-15(11-2-3-11)22-19(17)29-24-10)20(26)27-9-16-23-18(28-25-16)12-4-6-13(21)7-5-12/h4-8,11H,2-3,9H2,1H3. The lowest BCUT2D eigenvalue weighted by Gasteiger charge is -2.05. The SMILES string of the molecule is Cc1noc2nc(C3CC3)cc(C(=O)OCc3noc(-c4ccc(F)cc4)n3)c12. The summed E-state index contributed by atoms with van der Waals surface area (Å²) in [6.45, 7) is 1.58. The number of hydrogen-bond acceptors (Lipinski definition) is 8. The molecule has 146 valence electrons. The van der Waals surface area contributed by atoms with E-state index in [1.165, 1.54) is 24.3 Å². The number of pyridine rings is 1. The van der Waals surface area contributed by atoms with E-state index in [-0.39, 0.29) is 24.1 Å². The maximum absolute atomic E-state index is 13.0. The molecule has 1 aliphatic carbocycles. The van der Waals surface area contributed by atoms with Crippen LogP contribution in [0.25, 0.3) is 22.6 Å². The number of carbonyl (C=O) groups excluding carboxylic acids is 1. The lowest BCUT2D eigenvalue weighted by Crippen LogP contribution is -2.08. The van der Waals surface area contributed by atoms with Crippen LogP contribution < -0.4 is 0 Å². The summed E-state index contributed by atoms with van der Waals surface area (Å²) in [5, 5.41) is 8.26. The number of halogens is 1. The average molecular weight is 394 g/mol. The van der Waals surface area contributed by atoms with Crippen molar-refractivity contribution in [2.24, 2.45) is 0 Å². The number of benzene rings is 1. The molecular weight excluding hydrogens is 379 g/mol. The van der Waals surface area contributed by atoms with Gasteiger partial charge in [-0.2, -0.15) is 4.98 Å². The maximum Gasteiger partial charge on any atom is 0.339 e. The Hall–Kier alpha value is -3.62. The fraction of sp³-hybridized carbons (Fsp3) is 0.250. The molecule has 1 aromatic carbocycles. The number of rotatable bonds is 5. The normalized spacial score (nSPS) is 13.7. The number of aromatic nitrogens is 4. The molecule has 5 rings (SSSR count). The summed E-state index contributed by atoms with van der Waals surface area (Å²) >= 11 is 0. The van der Waals surface area contributed by atoms with E-state index >= 15 is 0 Å². The van der Waals surface area contributed by atoms with E-state index in [1.807, 2.05) is 0 Å². The molecule has 8 nitrogen and oxygen atoms in total. The Morgan fingerprint density at radius 2 is 1.97 bits per heavy atom. The van der Waals surface area contributed by atoms with Gasteiger partial charge in [0.05, 0.1) is 16.6 Å². The number of esters is 1. The van der Waals surface area contributed by atoms with Crippen LogP contribution in [0.2, 0.25) is 0 Å². The maximum atomic E-state index is 13.0. The first-order valence-corrected chi connectivity index (χ1v) is 9.11. The van der Waals surface area contributed by atoms with E-state index in [0.29, 0.717) is 33.8 Å². The van der Waals surface area contributed by atoms with E-state index in [2.05, 4.69) is 20.3 Å². The number of hydrogen-bond donors (Lipinski definition) is 0. The zero-order valence-corrected chi connectivity index (χ0v) is 15.4. The molecule has 29 heavy (non-hydrogen) atoms. The highest BCUT2D eigenvalue weighted by Gasteiger charge is 2.29. The van der Waals surface area contributed by atoms with Crippen LogP contribution in [0, 0.1) is 12.7 Å². The fourth-order valence-corrected chi connectivity index (χ4v) is 3.09. The Morgan fingerprint density at radius 1 is 1.17 bits per heavy atom. The van der Waals surface area contributed by atoms with Crippen molar-refractivity contribution in [2.75, 3.05) is 0 Å². The molecule has 1 fully saturated rings. The van der Waals surface area contributed by atoms with E-state index in [4.69, 9.17) is 13.8 Å². The molecule has 1 aliphatic rings. The minimum Gasteiger partial charge on any atom is -0.454 e. The van der Waals surface area contributed by atoms with E-state index in [0.717, 1.165) is 18.5 Å². The summed E-state index contributed by atoms with van der Waals surface area (Å²) < 4.78 is 28.8. The monoisotopic (exact) mass is 394 g/mol. The van der Waals surface area contributed by atoms with Crippen molar-refractivity contribution in [3.63, 3.8) is 0 Å². The van der Waals surface area contributed by atoms with Crippen LogP contribution in [0.3, 0.4) is 0 Å². The van der Waals surface area contributed by atoms with Gasteiger partial charge in [0.25, 0.3) is 11.6 Å². The van der Waals surface area contributed by atoms with Crippen molar-refractivity contribution in [3.8, 4) is 11.5 Å². The Bertz CT molecular complexity index is 1210. The molecule has 0 atom stereocenters. The van der Waals surface area contributed by atoms with E-state index in [9.17, 15) is 9.18 Å². The topological polar surface area (TPSA) is 104 Å². The van der Waals surface area contributed by atoms with Gasteiger partial charge in [-0.05, 0) is 50.1 Å². The summed E-state index contributed by atoms with van der Waals surface area (Å²) in [5.41, 5.74) is 2.63. The molecule has 0 saturated heterocycles. The van der Waals surface area contributed by atoms with Crippen molar-refractivity contribution in [2.45, 2.75) is 32.3 Å². The highest BCUT2D eigenvalue weighted by atomic mass is 19.1. The first-order valence-electron chi connectivity index (χ1n) is 9.11. The van der Waals surface area contributed by atoms with Crippen LogP contribution in [-0.4, -0.2) is 26.3 Å². The van der Waals surface area contributed by atoms with Crippen LogP contribution in [0.4, 0.5) is 4.39 Å². The summed E-state index contributed by atoms with van der Waals surface area (Å²) in [5.74, 6) is -0.146. The number of nitrogens with zero attached hydrogens (tertiary/aromatic N) is 4. The van der Waals surface area contributed by atoms with Gasteiger partial charge >= 0.3 is 5.97 Å². The molecule has 0 radical (unpaired) electrons. The second-order valence-corrected chi connectivity index (χ2v) is 6.92. The molecule has 4 aromatic rings. The van der Waals surface area contributed by atoms with Crippen LogP contribution in [-0.2, 0) is 11.3 Å². The van der Waals surface area contributed by atoms with Crippen molar-refractivity contribution >= 4 is 17.1 Å². The van der Waals surface area contributed by atoms with Gasteiger partial charge in [-0.25, -0.2) is 14.2 Å². The molecule has 9 heteroatoms. The molecule has 3 heterocycles. The van der Waals surface area contributed by atoms with Gasteiger partial charge in [0, 0.05) is 17.2 Å². The van der Waals surface area contributed by atoms with Gasteiger partial charge in [-0.1, -0.05) is 10.3 Å².